The molecule has 0 aliphatic carbocycles. The van der Waals surface area contributed by atoms with Crippen molar-refractivity contribution < 1.29 is 13.9 Å². The van der Waals surface area contributed by atoms with Crippen LogP contribution < -0.4 is 25.6 Å². The van der Waals surface area contributed by atoms with Gasteiger partial charge < -0.3 is 30.0 Å². The molecule has 10 heteroatoms. The number of carbonyl (C=O) groups is 1. The second-order valence-electron chi connectivity index (χ2n) is 10.5. The molecule has 1 aliphatic heterocycles. The first-order valence-electron chi connectivity index (χ1n) is 13.0. The highest BCUT2D eigenvalue weighted by Gasteiger charge is 2.17. The summed E-state index contributed by atoms with van der Waals surface area (Å²) in [4.78, 5) is 27.5. The summed E-state index contributed by atoms with van der Waals surface area (Å²) in [6.07, 6.45) is 3.18. The molecule has 0 unspecified atom stereocenters. The van der Waals surface area contributed by atoms with Crippen molar-refractivity contribution in [3.63, 3.8) is 0 Å². The van der Waals surface area contributed by atoms with Gasteiger partial charge in [0, 0.05) is 55.4 Å². The summed E-state index contributed by atoms with van der Waals surface area (Å²) < 4.78 is 11.7. The fourth-order valence-electron chi connectivity index (χ4n) is 4.27. The minimum absolute atomic E-state index is 0.0311. The number of allylic oxidation sites excluding steroid dienone is 1. The molecule has 2 aromatic carbocycles. The zero-order chi connectivity index (χ0) is 28.1. The molecule has 1 fully saturated rings. The summed E-state index contributed by atoms with van der Waals surface area (Å²) in [7, 11) is 0. The molecule has 1 saturated heterocycles. The number of hydrogen-bond acceptors (Lipinski definition) is 8. The van der Waals surface area contributed by atoms with Crippen LogP contribution in [0.3, 0.4) is 0 Å². The van der Waals surface area contributed by atoms with E-state index in [1.54, 1.807) is 36.4 Å². The van der Waals surface area contributed by atoms with E-state index in [1.165, 1.54) is 12.0 Å². The van der Waals surface area contributed by atoms with E-state index in [1.807, 2.05) is 32.9 Å². The molecule has 3 heterocycles. The van der Waals surface area contributed by atoms with Crippen LogP contribution in [-0.2, 0) is 4.79 Å². The molecule has 0 atom stereocenters. The number of aromatic nitrogens is 2. The third-order valence-corrected chi connectivity index (χ3v) is 6.11. The Morgan fingerprint density at radius 1 is 1.10 bits per heavy atom. The predicted molar refractivity (Wildman–Crippen MR) is 156 cm³/mol. The Labute approximate surface area is 232 Å². The van der Waals surface area contributed by atoms with Crippen molar-refractivity contribution in [2.45, 2.75) is 20.8 Å². The van der Waals surface area contributed by atoms with Crippen molar-refractivity contribution in [2.75, 3.05) is 41.7 Å². The summed E-state index contributed by atoms with van der Waals surface area (Å²) >= 11 is 0. The van der Waals surface area contributed by atoms with Gasteiger partial charge in [0.1, 0.15) is 11.3 Å². The largest absolute Gasteiger partial charge is 0.457 e. The van der Waals surface area contributed by atoms with Gasteiger partial charge in [-0.25, -0.2) is 9.83 Å². The summed E-state index contributed by atoms with van der Waals surface area (Å²) in [5, 5.41) is 9.39. The number of carbonyl (C=O) groups excluding carboxylic acids is 1. The summed E-state index contributed by atoms with van der Waals surface area (Å²) in [5.41, 5.74) is 3.22. The lowest BCUT2D eigenvalue weighted by Gasteiger charge is -2.29. The number of anilines is 4. The molecular formula is C30H31N7O3. The maximum absolute atomic E-state index is 12.7. The van der Waals surface area contributed by atoms with E-state index in [9.17, 15) is 4.79 Å². The number of nitrogens with zero attached hydrogens (tertiary/aromatic N) is 4. The van der Waals surface area contributed by atoms with Gasteiger partial charge in [0.25, 0.3) is 11.8 Å². The number of hydrogen-bond donors (Lipinski definition) is 3. The Hall–Kier alpha value is -4.88. The van der Waals surface area contributed by atoms with E-state index in [0.29, 0.717) is 28.5 Å². The molecule has 2 aromatic heterocycles. The van der Waals surface area contributed by atoms with Crippen LogP contribution in [0.1, 0.15) is 20.8 Å². The smallest absolute Gasteiger partial charge is 0.268 e. The van der Waals surface area contributed by atoms with Crippen LogP contribution in [0.5, 0.6) is 11.6 Å². The highest BCUT2D eigenvalue weighted by atomic mass is 16.5. The van der Waals surface area contributed by atoms with Crippen molar-refractivity contribution in [3.05, 3.63) is 84.1 Å². The lowest BCUT2D eigenvalue weighted by Crippen LogP contribution is -2.43. The fraction of sp³-hybridized carbons (Fsp3) is 0.267. The van der Waals surface area contributed by atoms with Crippen LogP contribution in [-0.4, -0.2) is 42.1 Å². The summed E-state index contributed by atoms with van der Waals surface area (Å²) in [6, 6.07) is 16.8. The number of rotatable bonds is 7. The van der Waals surface area contributed by atoms with Gasteiger partial charge in [-0.2, -0.15) is 4.98 Å². The maximum Gasteiger partial charge on any atom is 0.268 e. The molecule has 1 amide bonds. The highest BCUT2D eigenvalue weighted by Crippen LogP contribution is 2.31. The van der Waals surface area contributed by atoms with Crippen LogP contribution >= 0.6 is 0 Å². The van der Waals surface area contributed by atoms with E-state index >= 15 is 0 Å². The molecule has 0 saturated carbocycles. The number of fused-ring (bicyclic) bond motifs is 1. The molecule has 0 radical (unpaired) electrons. The third-order valence-electron chi connectivity index (χ3n) is 6.11. The average Bonchev–Trinajstić information content (AvgIpc) is 3.41. The van der Waals surface area contributed by atoms with Gasteiger partial charge in [0.2, 0.25) is 17.2 Å². The van der Waals surface area contributed by atoms with Gasteiger partial charge in [-0.15, -0.1) is 0 Å². The van der Waals surface area contributed by atoms with E-state index in [-0.39, 0.29) is 17.0 Å². The van der Waals surface area contributed by atoms with Gasteiger partial charge in [-0.1, -0.05) is 32.9 Å². The van der Waals surface area contributed by atoms with Crippen LogP contribution in [0.2, 0.25) is 0 Å². The molecule has 0 bridgehead atoms. The Morgan fingerprint density at radius 2 is 1.88 bits per heavy atom. The topological polar surface area (TPSA) is 109 Å². The first-order chi connectivity index (χ1) is 19.3. The monoisotopic (exact) mass is 537 g/mol. The van der Waals surface area contributed by atoms with E-state index in [4.69, 9.17) is 15.7 Å². The lowest BCUT2D eigenvalue weighted by molar-refractivity contribution is -0.112. The number of piperazine rings is 1. The standard InChI is InChI=1S/C30H31N7O3/c1-30(2,3)19-25(31-4)27(38)33-21-6-5-7-23(18-21)40-28-26-24(12-17-39-26)35-29(36-28)34-20-8-10-22(11-9-20)37-15-13-32-14-16-37/h5-12,17-19,32H,13-16H2,1-3H3,(H,33,38)(H,34,35,36)/b25-19-. The van der Waals surface area contributed by atoms with Crippen LogP contribution in [0.15, 0.2) is 77.1 Å². The molecule has 5 rings (SSSR count). The number of amides is 1. The highest BCUT2D eigenvalue weighted by molar-refractivity contribution is 6.05. The van der Waals surface area contributed by atoms with Crippen molar-refractivity contribution in [3.8, 4) is 11.6 Å². The minimum atomic E-state index is -0.480. The van der Waals surface area contributed by atoms with Crippen LogP contribution in [0.25, 0.3) is 15.9 Å². The SMILES string of the molecule is [C-]#[N+]/C(=C\C(C)(C)C)C(=O)Nc1cccc(Oc2nc(Nc3ccc(N4CCNCC4)cc3)nc3ccoc23)c1. The molecule has 40 heavy (non-hydrogen) atoms. The van der Waals surface area contributed by atoms with Crippen LogP contribution in [0, 0.1) is 12.0 Å². The summed E-state index contributed by atoms with van der Waals surface area (Å²) in [6.45, 7) is 17.1. The molecular weight excluding hydrogens is 506 g/mol. The zero-order valence-electron chi connectivity index (χ0n) is 22.7. The Morgan fingerprint density at radius 3 is 2.60 bits per heavy atom. The molecule has 1 aliphatic rings. The van der Waals surface area contributed by atoms with Crippen molar-refractivity contribution in [1.82, 2.24) is 15.3 Å². The second kappa shape index (κ2) is 11.5. The lowest BCUT2D eigenvalue weighted by atomic mass is 9.95. The molecule has 10 nitrogen and oxygen atoms in total. The van der Waals surface area contributed by atoms with E-state index in [0.717, 1.165) is 31.9 Å². The Kier molecular flexibility index (Phi) is 7.66. The van der Waals surface area contributed by atoms with Gasteiger partial charge in [0.15, 0.2) is 0 Å². The van der Waals surface area contributed by atoms with Crippen molar-refractivity contribution >= 4 is 40.0 Å². The Balaban J connectivity index is 1.33. The fourth-order valence-corrected chi connectivity index (χ4v) is 4.27. The zero-order valence-corrected chi connectivity index (χ0v) is 22.7. The molecule has 204 valence electrons. The van der Waals surface area contributed by atoms with E-state index in [2.05, 4.69) is 47.8 Å². The molecule has 0 spiro atoms. The average molecular weight is 538 g/mol. The molecule has 4 aromatic rings. The number of ether oxygens (including phenoxy) is 1. The maximum atomic E-state index is 12.7. The van der Waals surface area contributed by atoms with E-state index < -0.39 is 5.91 Å². The number of furan rings is 1. The third kappa shape index (κ3) is 6.57. The van der Waals surface area contributed by atoms with Crippen LogP contribution in [0.4, 0.5) is 23.0 Å². The second-order valence-corrected chi connectivity index (χ2v) is 10.5. The summed E-state index contributed by atoms with van der Waals surface area (Å²) in [5.74, 6) is 0.543. The van der Waals surface area contributed by atoms with Crippen molar-refractivity contribution in [2.24, 2.45) is 5.41 Å². The first-order valence-corrected chi connectivity index (χ1v) is 13.0. The number of nitrogens with one attached hydrogen (secondary N) is 3. The van der Waals surface area contributed by atoms with Crippen molar-refractivity contribution in [1.29, 1.82) is 0 Å². The molecule has 3 N–H and O–H groups in total. The van der Waals surface area contributed by atoms with Gasteiger partial charge >= 0.3 is 0 Å². The first kappa shape index (κ1) is 26.7. The normalized spacial score (nSPS) is 14.1. The van der Waals surface area contributed by atoms with Gasteiger partial charge in [0.05, 0.1) is 12.8 Å². The predicted octanol–water partition coefficient (Wildman–Crippen LogP) is 5.96. The Bertz CT molecular complexity index is 1570. The number of benzene rings is 2. The minimum Gasteiger partial charge on any atom is -0.457 e. The van der Waals surface area contributed by atoms with Gasteiger partial charge in [-0.3, -0.25) is 4.79 Å². The quantitative estimate of drug-likeness (QED) is 0.196. The van der Waals surface area contributed by atoms with Gasteiger partial charge in [-0.05, 0) is 41.8 Å².